The molecule has 4 rings (SSSR count). The van der Waals surface area contributed by atoms with E-state index in [9.17, 15) is 0 Å². The van der Waals surface area contributed by atoms with Gasteiger partial charge in [-0.05, 0) is 25.0 Å². The van der Waals surface area contributed by atoms with Gasteiger partial charge in [0.1, 0.15) is 0 Å². The van der Waals surface area contributed by atoms with Crippen molar-refractivity contribution in [1.29, 1.82) is 0 Å². The fourth-order valence-corrected chi connectivity index (χ4v) is 3.10. The van der Waals surface area contributed by atoms with Crippen molar-refractivity contribution >= 4 is 28.8 Å². The summed E-state index contributed by atoms with van der Waals surface area (Å²) in [6, 6.07) is 8.66. The predicted molar refractivity (Wildman–Crippen MR) is 91.0 cm³/mol. The van der Waals surface area contributed by atoms with E-state index < -0.39 is 0 Å². The Kier molecular flexibility index (Phi) is 2.97. The first-order valence-corrected chi connectivity index (χ1v) is 7.45. The first-order chi connectivity index (χ1) is 10.4. The molecule has 2 aromatic rings. The zero-order chi connectivity index (χ0) is 14.1. The molecule has 1 nitrogen and oxygen atoms in total. The molecule has 1 aromatic heterocycles. The Morgan fingerprint density at radius 2 is 1.71 bits per heavy atom. The van der Waals surface area contributed by atoms with Crippen LogP contribution in [0.3, 0.4) is 0 Å². The molecule has 0 saturated heterocycles. The lowest BCUT2D eigenvalue weighted by atomic mass is 10.2. The normalized spacial score (nSPS) is 16.7. The van der Waals surface area contributed by atoms with E-state index in [-0.39, 0.29) is 0 Å². The Labute approximate surface area is 124 Å². The number of allylic oxidation sites excluding steroid dienone is 8. The van der Waals surface area contributed by atoms with Crippen molar-refractivity contribution in [2.45, 2.75) is 12.8 Å². The van der Waals surface area contributed by atoms with Crippen molar-refractivity contribution in [2.75, 3.05) is 0 Å². The number of fused-ring (bicyclic) bond motifs is 3. The number of para-hydroxylation sites is 1. The van der Waals surface area contributed by atoms with Crippen molar-refractivity contribution in [3.63, 3.8) is 0 Å². The molecule has 0 bridgehead atoms. The van der Waals surface area contributed by atoms with E-state index in [1.807, 2.05) is 0 Å². The summed E-state index contributed by atoms with van der Waals surface area (Å²) >= 11 is 0. The Balaban J connectivity index is 2.14. The van der Waals surface area contributed by atoms with Gasteiger partial charge in [0, 0.05) is 16.3 Å². The van der Waals surface area contributed by atoms with Crippen molar-refractivity contribution in [2.24, 2.45) is 0 Å². The van der Waals surface area contributed by atoms with Crippen LogP contribution in [0.2, 0.25) is 0 Å². The largest absolute Gasteiger partial charge is 0.310 e. The maximum atomic E-state index is 2.39. The number of nitrogens with zero attached hydrogens (tertiary/aromatic N) is 1. The standard InChI is InChI=1S/C20H17N/c1-2-5-11-16(10-4-1)21-19-14-7-3-6-12-17(19)18-13-8-9-15-20(18)21/h1-4,6,8-15H,5,7H2. The van der Waals surface area contributed by atoms with Gasteiger partial charge < -0.3 is 4.57 Å². The molecule has 1 heterocycles. The minimum Gasteiger partial charge on any atom is -0.310 e. The maximum Gasteiger partial charge on any atom is 0.0540 e. The van der Waals surface area contributed by atoms with Gasteiger partial charge in [-0.3, -0.25) is 0 Å². The van der Waals surface area contributed by atoms with Crippen LogP contribution in [0.5, 0.6) is 0 Å². The second-order valence-electron chi connectivity index (χ2n) is 5.34. The third kappa shape index (κ3) is 2.02. The van der Waals surface area contributed by atoms with Crippen molar-refractivity contribution in [3.8, 4) is 0 Å². The van der Waals surface area contributed by atoms with E-state index in [1.165, 1.54) is 27.2 Å². The van der Waals surface area contributed by atoms with Crippen molar-refractivity contribution in [3.05, 3.63) is 77.4 Å². The predicted octanol–water partition coefficient (Wildman–Crippen LogP) is 3.52. The summed E-state index contributed by atoms with van der Waals surface area (Å²) in [5.41, 5.74) is 2.53. The molecule has 21 heavy (non-hydrogen) atoms. The maximum absolute atomic E-state index is 2.39. The summed E-state index contributed by atoms with van der Waals surface area (Å²) in [5, 5.41) is 3.95. The summed E-state index contributed by atoms with van der Waals surface area (Å²) in [4.78, 5) is 0. The van der Waals surface area contributed by atoms with Gasteiger partial charge in [-0.2, -0.15) is 0 Å². The zero-order valence-electron chi connectivity index (χ0n) is 11.9. The van der Waals surface area contributed by atoms with Crippen LogP contribution in [0.15, 0.2) is 66.8 Å². The molecule has 0 amide bonds. The summed E-state index contributed by atoms with van der Waals surface area (Å²) in [5.74, 6) is 0. The minimum atomic E-state index is 0.978. The van der Waals surface area contributed by atoms with Crippen LogP contribution in [0.25, 0.3) is 28.8 Å². The summed E-state index contributed by atoms with van der Waals surface area (Å²) in [6.07, 6.45) is 21.8. The molecule has 2 aliphatic carbocycles. The lowest BCUT2D eigenvalue weighted by Crippen LogP contribution is -2.28. The van der Waals surface area contributed by atoms with Gasteiger partial charge in [-0.15, -0.1) is 0 Å². The molecule has 0 aliphatic heterocycles. The average Bonchev–Trinajstić information content (AvgIpc) is 2.78. The summed E-state index contributed by atoms with van der Waals surface area (Å²) < 4.78 is 2.39. The van der Waals surface area contributed by atoms with E-state index in [2.05, 4.69) is 83.5 Å². The Hall–Kier alpha value is -2.54. The number of hydrogen-bond donors (Lipinski definition) is 0. The second kappa shape index (κ2) is 5.10. The number of aromatic nitrogens is 1. The van der Waals surface area contributed by atoms with Crippen LogP contribution in [0.4, 0.5) is 0 Å². The molecule has 0 atom stereocenters. The Bertz CT molecular complexity index is 930. The van der Waals surface area contributed by atoms with Crippen LogP contribution in [0, 0.1) is 0 Å². The molecule has 2 aliphatic rings. The van der Waals surface area contributed by atoms with Gasteiger partial charge >= 0.3 is 0 Å². The molecular formula is C20H17N. The monoisotopic (exact) mass is 271 g/mol. The average molecular weight is 271 g/mol. The highest BCUT2D eigenvalue weighted by molar-refractivity contribution is 5.87. The lowest BCUT2D eigenvalue weighted by Gasteiger charge is -2.07. The zero-order valence-corrected chi connectivity index (χ0v) is 11.9. The number of rotatable bonds is 1. The van der Waals surface area contributed by atoms with Crippen LogP contribution >= 0.6 is 0 Å². The topological polar surface area (TPSA) is 4.93 Å². The molecule has 0 unspecified atom stereocenters. The van der Waals surface area contributed by atoms with Gasteiger partial charge in [-0.1, -0.05) is 66.8 Å². The third-order valence-corrected chi connectivity index (χ3v) is 4.03. The highest BCUT2D eigenvalue weighted by Gasteiger charge is 2.09. The van der Waals surface area contributed by atoms with Gasteiger partial charge in [0.2, 0.25) is 0 Å². The molecule has 0 saturated carbocycles. The number of hydrogen-bond acceptors (Lipinski definition) is 0. The summed E-state index contributed by atoms with van der Waals surface area (Å²) in [6.45, 7) is 0. The van der Waals surface area contributed by atoms with Gasteiger partial charge in [0.05, 0.1) is 10.9 Å². The lowest BCUT2D eigenvalue weighted by molar-refractivity contribution is 1.10. The van der Waals surface area contributed by atoms with E-state index >= 15 is 0 Å². The quantitative estimate of drug-likeness (QED) is 0.748. The molecule has 1 aromatic carbocycles. The van der Waals surface area contributed by atoms with Crippen LogP contribution < -0.4 is 10.6 Å². The van der Waals surface area contributed by atoms with Crippen LogP contribution in [-0.4, -0.2) is 4.57 Å². The first-order valence-electron chi connectivity index (χ1n) is 7.45. The molecule has 0 radical (unpaired) electrons. The molecule has 102 valence electrons. The SMILES string of the molecule is C1=CCC=C(n2c3c(c4ccccc42)=CC=CCC=3)C=C1. The molecule has 0 spiro atoms. The molecule has 0 N–H and O–H groups in total. The second-order valence-corrected chi connectivity index (χ2v) is 5.34. The minimum absolute atomic E-state index is 0.978. The van der Waals surface area contributed by atoms with Gasteiger partial charge in [0.15, 0.2) is 0 Å². The fraction of sp³-hybridized carbons (Fsp3) is 0.100. The Morgan fingerprint density at radius 3 is 2.71 bits per heavy atom. The Morgan fingerprint density at radius 1 is 0.857 bits per heavy atom. The molecule has 1 heteroatoms. The fourth-order valence-electron chi connectivity index (χ4n) is 3.10. The van der Waals surface area contributed by atoms with E-state index in [1.54, 1.807) is 0 Å². The molecule has 0 fully saturated rings. The highest BCUT2D eigenvalue weighted by Crippen LogP contribution is 2.17. The van der Waals surface area contributed by atoms with E-state index in [0.717, 1.165) is 12.8 Å². The van der Waals surface area contributed by atoms with Crippen LogP contribution in [0.1, 0.15) is 12.8 Å². The summed E-state index contributed by atoms with van der Waals surface area (Å²) in [7, 11) is 0. The van der Waals surface area contributed by atoms with Crippen LogP contribution in [-0.2, 0) is 0 Å². The molecular weight excluding hydrogens is 254 g/mol. The van der Waals surface area contributed by atoms with Gasteiger partial charge in [-0.25, -0.2) is 0 Å². The third-order valence-electron chi connectivity index (χ3n) is 4.03. The number of benzene rings is 1. The van der Waals surface area contributed by atoms with Gasteiger partial charge in [0.25, 0.3) is 0 Å². The van der Waals surface area contributed by atoms with Crippen molar-refractivity contribution < 1.29 is 0 Å². The first kappa shape index (κ1) is 12.2. The van der Waals surface area contributed by atoms with E-state index in [0.29, 0.717) is 0 Å². The van der Waals surface area contributed by atoms with Crippen molar-refractivity contribution in [1.82, 2.24) is 4.57 Å². The van der Waals surface area contributed by atoms with E-state index in [4.69, 9.17) is 0 Å². The smallest absolute Gasteiger partial charge is 0.0540 e. The highest BCUT2D eigenvalue weighted by atomic mass is 15.0.